The SMILES string of the molecule is Cn1ccnc1-c1nc(N[C@H]2CCc3ccccc32)ncc1-c1ccccc1F. The molecule has 0 fully saturated rings. The quantitative estimate of drug-likeness (QED) is 0.549. The molecule has 0 spiro atoms. The smallest absolute Gasteiger partial charge is 0.223 e. The molecule has 29 heavy (non-hydrogen) atoms. The maximum Gasteiger partial charge on any atom is 0.223 e. The van der Waals surface area contributed by atoms with Gasteiger partial charge in [-0.15, -0.1) is 0 Å². The first-order valence-corrected chi connectivity index (χ1v) is 9.64. The Hall–Kier alpha value is -3.54. The van der Waals surface area contributed by atoms with Gasteiger partial charge in [0.15, 0.2) is 5.82 Å². The second-order valence-electron chi connectivity index (χ2n) is 7.23. The number of nitrogens with one attached hydrogen (secondary N) is 1. The monoisotopic (exact) mass is 385 g/mol. The van der Waals surface area contributed by atoms with Crippen molar-refractivity contribution in [2.45, 2.75) is 18.9 Å². The van der Waals surface area contributed by atoms with Gasteiger partial charge in [0, 0.05) is 36.8 Å². The van der Waals surface area contributed by atoms with Gasteiger partial charge in [-0.2, -0.15) is 0 Å². The van der Waals surface area contributed by atoms with Crippen LogP contribution in [-0.2, 0) is 13.5 Å². The number of rotatable bonds is 4. The van der Waals surface area contributed by atoms with Crippen LogP contribution >= 0.6 is 0 Å². The second kappa shape index (κ2) is 7.13. The minimum absolute atomic E-state index is 0.166. The van der Waals surface area contributed by atoms with Crippen LogP contribution in [0, 0.1) is 5.82 Å². The summed E-state index contributed by atoms with van der Waals surface area (Å²) in [6, 6.07) is 15.3. The number of anilines is 1. The fraction of sp³-hybridized carbons (Fsp3) is 0.174. The third kappa shape index (κ3) is 3.16. The molecule has 1 aliphatic rings. The van der Waals surface area contributed by atoms with Gasteiger partial charge >= 0.3 is 0 Å². The second-order valence-corrected chi connectivity index (χ2v) is 7.23. The van der Waals surface area contributed by atoms with Crippen LogP contribution in [0.3, 0.4) is 0 Å². The molecular formula is C23H20FN5. The zero-order valence-corrected chi connectivity index (χ0v) is 16.0. The molecule has 2 heterocycles. The fourth-order valence-electron chi connectivity index (χ4n) is 3.96. The average molecular weight is 385 g/mol. The molecule has 5 nitrogen and oxygen atoms in total. The third-order valence-electron chi connectivity index (χ3n) is 5.42. The molecule has 0 unspecified atom stereocenters. The number of benzene rings is 2. The first-order valence-electron chi connectivity index (χ1n) is 9.64. The van der Waals surface area contributed by atoms with E-state index in [0.717, 1.165) is 12.8 Å². The highest BCUT2D eigenvalue weighted by atomic mass is 19.1. The van der Waals surface area contributed by atoms with Crippen molar-refractivity contribution in [3.63, 3.8) is 0 Å². The van der Waals surface area contributed by atoms with E-state index in [1.165, 1.54) is 17.2 Å². The van der Waals surface area contributed by atoms with E-state index in [1.807, 2.05) is 23.9 Å². The summed E-state index contributed by atoms with van der Waals surface area (Å²) in [5.41, 5.74) is 4.33. The fourth-order valence-corrected chi connectivity index (χ4v) is 3.96. The maximum atomic E-state index is 14.5. The van der Waals surface area contributed by atoms with Crippen molar-refractivity contribution in [1.82, 2.24) is 19.5 Å². The summed E-state index contributed by atoms with van der Waals surface area (Å²) in [7, 11) is 1.90. The molecule has 1 aliphatic carbocycles. The van der Waals surface area contributed by atoms with Gasteiger partial charge in [-0.1, -0.05) is 42.5 Å². The number of hydrogen-bond donors (Lipinski definition) is 1. The van der Waals surface area contributed by atoms with E-state index in [0.29, 0.717) is 28.6 Å². The molecule has 4 aromatic rings. The van der Waals surface area contributed by atoms with Gasteiger partial charge in [0.2, 0.25) is 5.95 Å². The van der Waals surface area contributed by atoms with E-state index in [1.54, 1.807) is 24.5 Å². The maximum absolute atomic E-state index is 14.5. The predicted molar refractivity (Wildman–Crippen MR) is 111 cm³/mol. The van der Waals surface area contributed by atoms with E-state index >= 15 is 0 Å². The highest BCUT2D eigenvalue weighted by molar-refractivity contribution is 5.78. The molecule has 1 atom stereocenters. The predicted octanol–water partition coefficient (Wildman–Crippen LogP) is 4.78. The number of aromatic nitrogens is 4. The van der Waals surface area contributed by atoms with Crippen LogP contribution in [-0.4, -0.2) is 19.5 Å². The van der Waals surface area contributed by atoms with Gasteiger partial charge in [0.1, 0.15) is 11.5 Å². The van der Waals surface area contributed by atoms with E-state index in [4.69, 9.17) is 4.98 Å². The highest BCUT2D eigenvalue weighted by Gasteiger charge is 2.24. The topological polar surface area (TPSA) is 55.6 Å². The number of halogens is 1. The minimum Gasteiger partial charge on any atom is -0.347 e. The zero-order valence-electron chi connectivity index (χ0n) is 16.0. The van der Waals surface area contributed by atoms with Crippen LogP contribution in [0.15, 0.2) is 67.1 Å². The summed E-state index contributed by atoms with van der Waals surface area (Å²) in [5.74, 6) is 0.877. The summed E-state index contributed by atoms with van der Waals surface area (Å²) in [4.78, 5) is 13.7. The molecule has 144 valence electrons. The van der Waals surface area contributed by atoms with Crippen molar-refractivity contribution in [1.29, 1.82) is 0 Å². The Labute approximate surface area is 168 Å². The molecule has 0 amide bonds. The molecule has 0 bridgehead atoms. The molecule has 0 radical (unpaired) electrons. The molecule has 2 aromatic carbocycles. The summed E-state index contributed by atoms with van der Waals surface area (Å²) >= 11 is 0. The van der Waals surface area contributed by atoms with Gasteiger partial charge < -0.3 is 9.88 Å². The van der Waals surface area contributed by atoms with E-state index < -0.39 is 0 Å². The molecule has 5 rings (SSSR count). The van der Waals surface area contributed by atoms with Gasteiger partial charge in [-0.3, -0.25) is 0 Å². The number of aryl methyl sites for hydroxylation is 2. The molecule has 0 saturated carbocycles. The normalized spacial score (nSPS) is 15.3. The van der Waals surface area contributed by atoms with Gasteiger partial charge in [-0.25, -0.2) is 19.3 Å². The van der Waals surface area contributed by atoms with E-state index in [9.17, 15) is 4.39 Å². The molecule has 2 aromatic heterocycles. The van der Waals surface area contributed by atoms with Gasteiger partial charge in [-0.05, 0) is 30.0 Å². The lowest BCUT2D eigenvalue weighted by Gasteiger charge is -2.16. The number of imidazole rings is 1. The molecule has 1 N–H and O–H groups in total. The summed E-state index contributed by atoms with van der Waals surface area (Å²) in [6.07, 6.45) is 7.27. The lowest BCUT2D eigenvalue weighted by molar-refractivity contribution is 0.631. The lowest BCUT2D eigenvalue weighted by atomic mass is 10.0. The number of fused-ring (bicyclic) bond motifs is 1. The Balaban J connectivity index is 1.57. The first-order chi connectivity index (χ1) is 14.2. The van der Waals surface area contributed by atoms with Crippen LogP contribution in [0.25, 0.3) is 22.6 Å². The number of nitrogens with zero attached hydrogens (tertiary/aromatic N) is 4. The standard InChI is InChI=1S/C23H20FN5/c1-29-13-12-25-22(29)21-18(17-8-4-5-9-19(17)24)14-26-23(28-21)27-20-11-10-15-6-2-3-7-16(15)20/h2-9,12-14,20H,10-11H2,1H3,(H,26,27,28)/t20-/m0/s1. The summed E-state index contributed by atoms with van der Waals surface area (Å²) in [6.45, 7) is 0. The minimum atomic E-state index is -0.308. The van der Waals surface area contributed by atoms with E-state index in [-0.39, 0.29) is 11.9 Å². The Morgan fingerprint density at radius 3 is 2.69 bits per heavy atom. The highest BCUT2D eigenvalue weighted by Crippen LogP contribution is 2.35. The van der Waals surface area contributed by atoms with Crippen molar-refractivity contribution in [3.8, 4) is 22.6 Å². The Morgan fingerprint density at radius 1 is 1.03 bits per heavy atom. The van der Waals surface area contributed by atoms with Crippen LogP contribution in [0.5, 0.6) is 0 Å². The third-order valence-corrected chi connectivity index (χ3v) is 5.42. The van der Waals surface area contributed by atoms with Crippen molar-refractivity contribution in [2.75, 3.05) is 5.32 Å². The van der Waals surface area contributed by atoms with Crippen LogP contribution in [0.1, 0.15) is 23.6 Å². The van der Waals surface area contributed by atoms with E-state index in [2.05, 4.69) is 39.6 Å². The van der Waals surface area contributed by atoms with Gasteiger partial charge in [0.25, 0.3) is 0 Å². The average Bonchev–Trinajstić information content (AvgIpc) is 3.35. The Morgan fingerprint density at radius 2 is 1.86 bits per heavy atom. The summed E-state index contributed by atoms with van der Waals surface area (Å²) < 4.78 is 16.4. The first kappa shape index (κ1) is 17.6. The largest absolute Gasteiger partial charge is 0.347 e. The molecular weight excluding hydrogens is 365 g/mol. The molecule has 0 saturated heterocycles. The van der Waals surface area contributed by atoms with Crippen molar-refractivity contribution in [3.05, 3.63) is 84.1 Å². The molecule has 0 aliphatic heterocycles. The Kier molecular flexibility index (Phi) is 4.31. The number of hydrogen-bond acceptors (Lipinski definition) is 4. The van der Waals surface area contributed by atoms with Crippen molar-refractivity contribution in [2.24, 2.45) is 7.05 Å². The molecule has 6 heteroatoms. The van der Waals surface area contributed by atoms with Crippen molar-refractivity contribution >= 4 is 5.95 Å². The van der Waals surface area contributed by atoms with Crippen LogP contribution in [0.4, 0.5) is 10.3 Å². The zero-order chi connectivity index (χ0) is 19.8. The van der Waals surface area contributed by atoms with Crippen LogP contribution < -0.4 is 5.32 Å². The summed E-state index contributed by atoms with van der Waals surface area (Å²) in [5, 5.41) is 3.46. The van der Waals surface area contributed by atoms with Gasteiger partial charge in [0.05, 0.1) is 6.04 Å². The Bertz CT molecular complexity index is 1180. The lowest BCUT2D eigenvalue weighted by Crippen LogP contribution is -2.11. The van der Waals surface area contributed by atoms with Crippen molar-refractivity contribution < 1.29 is 4.39 Å². The van der Waals surface area contributed by atoms with Crippen LogP contribution in [0.2, 0.25) is 0 Å².